The van der Waals surface area contributed by atoms with E-state index < -0.39 is 0 Å². The molecular formula is C20H25N3O2. The average Bonchev–Trinajstić information content (AvgIpc) is 3.11. The summed E-state index contributed by atoms with van der Waals surface area (Å²) in [6.07, 6.45) is 6.07. The third-order valence-corrected chi connectivity index (χ3v) is 4.60. The molecule has 0 unspecified atom stereocenters. The SMILES string of the molecule is CCc1cccc(CC)c1NC(=O)N1CC[C@H](Oc2cccnc2)C1. The van der Waals surface area contributed by atoms with Crippen LogP contribution < -0.4 is 10.1 Å². The van der Waals surface area contributed by atoms with Crippen molar-refractivity contribution in [2.24, 2.45) is 0 Å². The molecule has 0 radical (unpaired) electrons. The second-order valence-electron chi connectivity index (χ2n) is 6.25. The fraction of sp³-hybridized carbons (Fsp3) is 0.400. The molecular weight excluding hydrogens is 314 g/mol. The van der Waals surface area contributed by atoms with E-state index in [-0.39, 0.29) is 12.1 Å². The highest BCUT2D eigenvalue weighted by atomic mass is 16.5. The predicted molar refractivity (Wildman–Crippen MR) is 99.1 cm³/mol. The molecule has 2 aromatic rings. The van der Waals surface area contributed by atoms with Gasteiger partial charge in [0.15, 0.2) is 0 Å². The van der Waals surface area contributed by atoms with E-state index in [1.807, 2.05) is 17.0 Å². The van der Waals surface area contributed by atoms with Gasteiger partial charge >= 0.3 is 6.03 Å². The smallest absolute Gasteiger partial charge is 0.321 e. The molecule has 3 rings (SSSR count). The van der Waals surface area contributed by atoms with Crippen LogP contribution in [-0.4, -0.2) is 35.1 Å². The third-order valence-electron chi connectivity index (χ3n) is 4.60. The molecule has 1 aromatic carbocycles. The van der Waals surface area contributed by atoms with Crippen LogP contribution in [0.5, 0.6) is 5.75 Å². The normalized spacial score (nSPS) is 16.7. The summed E-state index contributed by atoms with van der Waals surface area (Å²) in [5.41, 5.74) is 3.32. The molecule has 1 aromatic heterocycles. The maximum absolute atomic E-state index is 12.7. The lowest BCUT2D eigenvalue weighted by Gasteiger charge is -2.20. The summed E-state index contributed by atoms with van der Waals surface area (Å²) in [6.45, 7) is 5.51. The van der Waals surface area contributed by atoms with Gasteiger partial charge in [-0.1, -0.05) is 32.0 Å². The molecule has 0 saturated carbocycles. The van der Waals surface area contributed by atoms with Gasteiger partial charge in [0, 0.05) is 24.8 Å². The molecule has 2 heterocycles. The molecule has 1 saturated heterocycles. The third kappa shape index (κ3) is 4.10. The zero-order chi connectivity index (χ0) is 17.6. The predicted octanol–water partition coefficient (Wildman–Crippen LogP) is 3.89. The Morgan fingerprint density at radius 3 is 2.64 bits per heavy atom. The van der Waals surface area contributed by atoms with Crippen molar-refractivity contribution in [3.63, 3.8) is 0 Å². The maximum Gasteiger partial charge on any atom is 0.321 e. The fourth-order valence-electron chi connectivity index (χ4n) is 3.21. The van der Waals surface area contributed by atoms with Gasteiger partial charge in [-0.05, 0) is 36.1 Å². The summed E-state index contributed by atoms with van der Waals surface area (Å²) in [6, 6.07) is 9.90. The monoisotopic (exact) mass is 339 g/mol. The number of hydrogen-bond acceptors (Lipinski definition) is 3. The number of rotatable bonds is 5. The van der Waals surface area contributed by atoms with E-state index in [0.29, 0.717) is 13.1 Å². The van der Waals surface area contributed by atoms with Crippen LogP contribution in [0, 0.1) is 0 Å². The minimum atomic E-state index is -0.0483. The van der Waals surface area contributed by atoms with Crippen molar-refractivity contribution in [1.29, 1.82) is 0 Å². The Balaban J connectivity index is 1.63. The van der Waals surface area contributed by atoms with E-state index in [9.17, 15) is 4.79 Å². The number of urea groups is 1. The van der Waals surface area contributed by atoms with Crippen LogP contribution in [-0.2, 0) is 12.8 Å². The van der Waals surface area contributed by atoms with Crippen LogP contribution in [0.2, 0.25) is 0 Å². The lowest BCUT2D eigenvalue weighted by atomic mass is 10.0. The summed E-state index contributed by atoms with van der Waals surface area (Å²) in [5.74, 6) is 0.749. The van der Waals surface area contributed by atoms with Gasteiger partial charge in [0.05, 0.1) is 12.7 Å². The Morgan fingerprint density at radius 2 is 2.00 bits per heavy atom. The lowest BCUT2D eigenvalue weighted by Crippen LogP contribution is -2.35. The Hall–Kier alpha value is -2.56. The minimum Gasteiger partial charge on any atom is -0.487 e. The number of hydrogen-bond donors (Lipinski definition) is 1. The van der Waals surface area contributed by atoms with E-state index in [4.69, 9.17) is 4.74 Å². The van der Waals surface area contributed by atoms with Crippen molar-refractivity contribution >= 4 is 11.7 Å². The molecule has 25 heavy (non-hydrogen) atoms. The quantitative estimate of drug-likeness (QED) is 0.899. The van der Waals surface area contributed by atoms with Gasteiger partial charge in [0.2, 0.25) is 0 Å². The molecule has 0 spiro atoms. The van der Waals surface area contributed by atoms with E-state index in [2.05, 4.69) is 42.3 Å². The number of para-hydroxylation sites is 1. The topological polar surface area (TPSA) is 54.5 Å². The number of anilines is 1. The van der Waals surface area contributed by atoms with Crippen molar-refractivity contribution in [3.05, 3.63) is 53.9 Å². The van der Waals surface area contributed by atoms with Crippen molar-refractivity contribution in [2.45, 2.75) is 39.2 Å². The van der Waals surface area contributed by atoms with Crippen LogP contribution in [0.15, 0.2) is 42.7 Å². The molecule has 132 valence electrons. The molecule has 1 N–H and O–H groups in total. The second-order valence-corrected chi connectivity index (χ2v) is 6.25. The number of ether oxygens (including phenoxy) is 1. The van der Waals surface area contributed by atoms with Crippen LogP contribution in [0.25, 0.3) is 0 Å². The molecule has 5 nitrogen and oxygen atoms in total. The van der Waals surface area contributed by atoms with E-state index in [1.54, 1.807) is 12.4 Å². The van der Waals surface area contributed by atoms with Crippen LogP contribution in [0.3, 0.4) is 0 Å². The molecule has 1 atom stereocenters. The first-order valence-corrected chi connectivity index (χ1v) is 8.94. The summed E-state index contributed by atoms with van der Waals surface area (Å²) < 4.78 is 5.91. The van der Waals surface area contributed by atoms with Gasteiger partial charge in [-0.25, -0.2) is 4.79 Å². The summed E-state index contributed by atoms with van der Waals surface area (Å²) in [5, 5.41) is 3.13. The average molecular weight is 339 g/mol. The number of likely N-dealkylation sites (tertiary alicyclic amines) is 1. The summed E-state index contributed by atoms with van der Waals surface area (Å²) >= 11 is 0. The Bertz CT molecular complexity index is 696. The number of amides is 2. The van der Waals surface area contributed by atoms with Gasteiger partial charge in [-0.15, -0.1) is 0 Å². The first-order chi connectivity index (χ1) is 12.2. The first kappa shape index (κ1) is 17.3. The fourth-order valence-corrected chi connectivity index (χ4v) is 3.21. The van der Waals surface area contributed by atoms with Crippen molar-refractivity contribution < 1.29 is 9.53 Å². The molecule has 1 fully saturated rings. The van der Waals surface area contributed by atoms with Crippen molar-refractivity contribution in [1.82, 2.24) is 9.88 Å². The Morgan fingerprint density at radius 1 is 1.24 bits per heavy atom. The van der Waals surface area contributed by atoms with Gasteiger partial charge in [0.1, 0.15) is 11.9 Å². The highest BCUT2D eigenvalue weighted by molar-refractivity contribution is 5.91. The highest BCUT2D eigenvalue weighted by Gasteiger charge is 2.28. The Kier molecular flexibility index (Phi) is 5.53. The molecule has 5 heteroatoms. The van der Waals surface area contributed by atoms with Gasteiger partial charge in [0.25, 0.3) is 0 Å². The molecule has 1 aliphatic heterocycles. The van der Waals surface area contributed by atoms with Crippen LogP contribution >= 0.6 is 0 Å². The van der Waals surface area contributed by atoms with Gasteiger partial charge in [-0.3, -0.25) is 4.98 Å². The molecule has 1 aliphatic rings. The highest BCUT2D eigenvalue weighted by Crippen LogP contribution is 2.24. The van der Waals surface area contributed by atoms with Gasteiger partial charge < -0.3 is 15.0 Å². The number of nitrogens with zero attached hydrogens (tertiary/aromatic N) is 2. The maximum atomic E-state index is 12.7. The summed E-state index contributed by atoms with van der Waals surface area (Å²) in [7, 11) is 0. The zero-order valence-corrected chi connectivity index (χ0v) is 14.9. The Labute approximate surface area is 149 Å². The van der Waals surface area contributed by atoms with E-state index in [1.165, 1.54) is 11.1 Å². The van der Waals surface area contributed by atoms with Crippen LogP contribution in [0.4, 0.5) is 10.5 Å². The minimum absolute atomic E-state index is 0.0158. The lowest BCUT2D eigenvalue weighted by molar-refractivity contribution is 0.194. The first-order valence-electron chi connectivity index (χ1n) is 8.94. The van der Waals surface area contributed by atoms with Crippen molar-refractivity contribution in [2.75, 3.05) is 18.4 Å². The number of aromatic nitrogens is 1. The number of aryl methyl sites for hydroxylation is 2. The van der Waals surface area contributed by atoms with E-state index >= 15 is 0 Å². The van der Waals surface area contributed by atoms with E-state index in [0.717, 1.165) is 30.7 Å². The number of nitrogens with one attached hydrogen (secondary N) is 1. The summed E-state index contributed by atoms with van der Waals surface area (Å²) in [4.78, 5) is 18.6. The molecule has 0 bridgehead atoms. The molecule has 0 aliphatic carbocycles. The second kappa shape index (κ2) is 8.01. The largest absolute Gasteiger partial charge is 0.487 e. The zero-order valence-electron chi connectivity index (χ0n) is 14.9. The standard InChI is InChI=1S/C20H25N3O2/c1-3-15-7-5-8-16(4-2)19(15)22-20(24)23-12-10-18(14-23)25-17-9-6-11-21-13-17/h5-9,11,13,18H,3-4,10,12,14H2,1-2H3,(H,22,24)/t18-/m0/s1. The molecule has 2 amide bonds. The van der Waals surface area contributed by atoms with Crippen LogP contribution in [0.1, 0.15) is 31.4 Å². The number of pyridine rings is 1. The van der Waals surface area contributed by atoms with Crippen molar-refractivity contribution in [3.8, 4) is 5.75 Å². The van der Waals surface area contributed by atoms with Gasteiger partial charge in [-0.2, -0.15) is 0 Å². The number of benzene rings is 1. The number of carbonyl (C=O) groups excluding carboxylic acids is 1. The number of carbonyl (C=O) groups is 1.